The zero-order chi connectivity index (χ0) is 20.4. The van der Waals surface area contributed by atoms with Gasteiger partial charge in [-0.2, -0.15) is 8.42 Å². The standard InChI is InChI=1S/C11H11NO4.C7H8O3S/c1-2-16-11(14)9(12-15)10(13)8-6-4-3-5-7-8;1-6-2-4-7(5-3-6)11(8,9)10/h3-7,15H,2H2,1H3;2-5H,1H3,(H,8,9,10). The van der Waals surface area contributed by atoms with E-state index in [1.165, 1.54) is 24.3 Å². The molecular weight excluding hydrogens is 374 g/mol. The smallest absolute Gasteiger partial charge is 0.364 e. The van der Waals surface area contributed by atoms with Crippen LogP contribution in [0.2, 0.25) is 0 Å². The second-order valence-corrected chi connectivity index (χ2v) is 6.57. The number of hydrogen-bond acceptors (Lipinski definition) is 7. The van der Waals surface area contributed by atoms with E-state index in [1.807, 2.05) is 6.92 Å². The summed E-state index contributed by atoms with van der Waals surface area (Å²) < 4.78 is 34.1. The first-order valence-corrected chi connectivity index (χ1v) is 9.17. The molecule has 0 radical (unpaired) electrons. The van der Waals surface area contributed by atoms with E-state index < -0.39 is 27.6 Å². The third-order valence-corrected chi connectivity index (χ3v) is 4.01. The molecule has 0 saturated heterocycles. The van der Waals surface area contributed by atoms with E-state index in [-0.39, 0.29) is 17.1 Å². The van der Waals surface area contributed by atoms with Crippen molar-refractivity contribution >= 4 is 27.6 Å². The molecule has 9 heteroatoms. The Bertz CT molecular complexity index is 904. The van der Waals surface area contributed by atoms with Crippen molar-refractivity contribution in [3.8, 4) is 0 Å². The molecule has 0 aliphatic rings. The van der Waals surface area contributed by atoms with Crippen molar-refractivity contribution in [3.05, 3.63) is 65.7 Å². The molecule has 0 aromatic heterocycles. The van der Waals surface area contributed by atoms with E-state index in [1.54, 1.807) is 37.3 Å². The fraction of sp³-hybridized carbons (Fsp3) is 0.167. The van der Waals surface area contributed by atoms with Gasteiger partial charge < -0.3 is 9.94 Å². The van der Waals surface area contributed by atoms with Crippen molar-refractivity contribution in [2.75, 3.05) is 6.61 Å². The first kappa shape index (κ1) is 22.0. The Morgan fingerprint density at radius 3 is 2.04 bits per heavy atom. The topological polar surface area (TPSA) is 130 Å². The van der Waals surface area contributed by atoms with Gasteiger partial charge >= 0.3 is 5.97 Å². The van der Waals surface area contributed by atoms with E-state index in [4.69, 9.17) is 9.76 Å². The van der Waals surface area contributed by atoms with Gasteiger partial charge in [0.15, 0.2) is 0 Å². The summed E-state index contributed by atoms with van der Waals surface area (Å²) in [6.07, 6.45) is 0. The van der Waals surface area contributed by atoms with Crippen LogP contribution in [0.15, 0.2) is 64.6 Å². The lowest BCUT2D eigenvalue weighted by molar-refractivity contribution is -0.135. The van der Waals surface area contributed by atoms with Crippen LogP contribution in [0.5, 0.6) is 0 Å². The van der Waals surface area contributed by atoms with Crippen LogP contribution in [0.1, 0.15) is 22.8 Å². The average molecular weight is 393 g/mol. The summed E-state index contributed by atoms with van der Waals surface area (Å²) in [5, 5.41) is 11.3. The SMILES string of the molecule is CCOC(=O)C(=NO)C(=O)c1ccccc1.Cc1ccc(S(=O)(=O)O)cc1. The van der Waals surface area contributed by atoms with Gasteiger partial charge in [-0.3, -0.25) is 9.35 Å². The molecule has 0 unspecified atom stereocenters. The van der Waals surface area contributed by atoms with E-state index in [9.17, 15) is 18.0 Å². The van der Waals surface area contributed by atoms with Gasteiger partial charge in [-0.25, -0.2) is 4.79 Å². The van der Waals surface area contributed by atoms with Gasteiger partial charge in [-0.15, -0.1) is 0 Å². The number of nitrogens with zero attached hydrogens (tertiary/aromatic N) is 1. The number of ether oxygens (including phenoxy) is 1. The minimum absolute atomic E-state index is 0.0666. The zero-order valence-corrected chi connectivity index (χ0v) is 15.5. The largest absolute Gasteiger partial charge is 0.461 e. The fourth-order valence-electron chi connectivity index (χ4n) is 1.81. The molecule has 0 heterocycles. The second-order valence-electron chi connectivity index (χ2n) is 5.15. The molecule has 0 amide bonds. The molecule has 0 spiro atoms. The maximum absolute atomic E-state index is 11.7. The number of rotatable bonds is 5. The lowest BCUT2D eigenvalue weighted by Gasteiger charge is -2.02. The van der Waals surface area contributed by atoms with Gasteiger partial charge in [-0.1, -0.05) is 53.2 Å². The molecule has 0 aliphatic heterocycles. The quantitative estimate of drug-likeness (QED) is 0.152. The molecular formula is C18H19NO7S. The van der Waals surface area contributed by atoms with Crippen molar-refractivity contribution in [1.29, 1.82) is 0 Å². The number of oxime groups is 1. The minimum atomic E-state index is -4.02. The molecule has 0 atom stereocenters. The molecule has 144 valence electrons. The van der Waals surface area contributed by atoms with Crippen LogP contribution in [0.4, 0.5) is 0 Å². The predicted octanol–water partition coefficient (Wildman–Crippen LogP) is 2.50. The molecule has 2 N–H and O–H groups in total. The van der Waals surface area contributed by atoms with Crippen LogP contribution in [-0.4, -0.2) is 42.2 Å². The Labute approximate surface area is 156 Å². The van der Waals surface area contributed by atoms with Crippen LogP contribution in [0.25, 0.3) is 0 Å². The molecule has 0 saturated carbocycles. The van der Waals surface area contributed by atoms with Crippen LogP contribution < -0.4 is 0 Å². The molecule has 27 heavy (non-hydrogen) atoms. The molecule has 8 nitrogen and oxygen atoms in total. The first-order valence-electron chi connectivity index (χ1n) is 7.73. The normalized spacial score (nSPS) is 11.1. The number of benzene rings is 2. The van der Waals surface area contributed by atoms with Gasteiger partial charge in [0.25, 0.3) is 10.1 Å². The highest BCUT2D eigenvalue weighted by atomic mass is 32.2. The minimum Gasteiger partial charge on any atom is -0.461 e. The lowest BCUT2D eigenvalue weighted by Crippen LogP contribution is -2.26. The molecule has 0 fully saturated rings. The number of esters is 1. The van der Waals surface area contributed by atoms with Crippen LogP contribution in [0, 0.1) is 6.92 Å². The Morgan fingerprint density at radius 2 is 1.59 bits per heavy atom. The first-order chi connectivity index (χ1) is 12.7. The zero-order valence-electron chi connectivity index (χ0n) is 14.7. The summed E-state index contributed by atoms with van der Waals surface area (Å²) in [7, 11) is -4.02. The number of carbonyl (C=O) groups is 2. The van der Waals surface area contributed by atoms with Gasteiger partial charge in [-0.05, 0) is 26.0 Å². The van der Waals surface area contributed by atoms with Crippen LogP contribution >= 0.6 is 0 Å². The van der Waals surface area contributed by atoms with E-state index in [2.05, 4.69) is 9.89 Å². The Hall–Kier alpha value is -3.04. The van der Waals surface area contributed by atoms with Crippen LogP contribution in [0.3, 0.4) is 0 Å². The molecule has 2 rings (SSSR count). The van der Waals surface area contributed by atoms with E-state index in [0.717, 1.165) is 5.56 Å². The van der Waals surface area contributed by atoms with Crippen molar-refractivity contribution in [2.24, 2.45) is 5.16 Å². The number of aryl methyl sites for hydroxylation is 1. The van der Waals surface area contributed by atoms with Gasteiger partial charge in [0, 0.05) is 5.56 Å². The molecule has 0 bridgehead atoms. The highest BCUT2D eigenvalue weighted by Crippen LogP contribution is 2.08. The van der Waals surface area contributed by atoms with Gasteiger partial charge in [0.05, 0.1) is 11.5 Å². The molecule has 2 aromatic carbocycles. The van der Waals surface area contributed by atoms with Crippen molar-refractivity contribution in [2.45, 2.75) is 18.7 Å². The monoisotopic (exact) mass is 393 g/mol. The van der Waals surface area contributed by atoms with Crippen molar-refractivity contribution in [1.82, 2.24) is 0 Å². The molecule has 2 aromatic rings. The summed E-state index contributed by atoms with van der Waals surface area (Å²) in [4.78, 5) is 22.9. The number of Topliss-reactive ketones (excluding diaryl/α,β-unsaturated/α-hetero) is 1. The van der Waals surface area contributed by atoms with Crippen molar-refractivity contribution in [3.63, 3.8) is 0 Å². The summed E-state index contributed by atoms with van der Waals surface area (Å²) in [5.41, 5.74) is 0.605. The lowest BCUT2D eigenvalue weighted by atomic mass is 10.1. The summed E-state index contributed by atoms with van der Waals surface area (Å²) in [5.74, 6) is -1.60. The van der Waals surface area contributed by atoms with Gasteiger partial charge in [0.1, 0.15) is 0 Å². The van der Waals surface area contributed by atoms with Crippen LogP contribution in [-0.2, 0) is 19.6 Å². The third-order valence-electron chi connectivity index (χ3n) is 3.14. The maximum Gasteiger partial charge on any atom is 0.364 e. The second kappa shape index (κ2) is 10.2. The maximum atomic E-state index is 11.7. The summed E-state index contributed by atoms with van der Waals surface area (Å²) in [6, 6.07) is 14.1. The summed E-state index contributed by atoms with van der Waals surface area (Å²) >= 11 is 0. The molecule has 0 aliphatic carbocycles. The number of ketones is 1. The Morgan fingerprint density at radius 1 is 1.04 bits per heavy atom. The average Bonchev–Trinajstić information content (AvgIpc) is 2.63. The summed E-state index contributed by atoms with van der Waals surface area (Å²) in [6.45, 7) is 3.55. The van der Waals surface area contributed by atoms with E-state index >= 15 is 0 Å². The van der Waals surface area contributed by atoms with E-state index in [0.29, 0.717) is 0 Å². The highest BCUT2D eigenvalue weighted by Gasteiger charge is 2.23. The Balaban J connectivity index is 0.000000289. The Kier molecular flexibility index (Phi) is 8.31. The van der Waals surface area contributed by atoms with Crippen molar-refractivity contribution < 1.29 is 32.5 Å². The third kappa shape index (κ3) is 7.00. The number of carbonyl (C=O) groups excluding carboxylic acids is 2. The number of hydrogen-bond donors (Lipinski definition) is 2. The fourth-order valence-corrected chi connectivity index (χ4v) is 2.29. The predicted molar refractivity (Wildman–Crippen MR) is 97.6 cm³/mol. The highest BCUT2D eigenvalue weighted by molar-refractivity contribution is 7.85. The van der Waals surface area contributed by atoms with Gasteiger partial charge in [0.2, 0.25) is 11.5 Å².